The standard InChI is InChI=1S/C12H10BNO/c1-2-5-11-10(4-1)7-8-13(14-11)12-6-3-9-15-12/h1-9,14H. The number of rotatable bonds is 1. The van der Waals surface area contributed by atoms with Crippen LogP contribution in [0.15, 0.2) is 53.1 Å². The Hall–Kier alpha value is -1.90. The van der Waals surface area contributed by atoms with E-state index < -0.39 is 0 Å². The van der Waals surface area contributed by atoms with Crippen molar-refractivity contribution in [3.05, 3.63) is 54.2 Å². The average molecular weight is 195 g/mol. The fourth-order valence-corrected chi connectivity index (χ4v) is 1.82. The maximum absolute atomic E-state index is 5.37. The largest absolute Gasteiger partial charge is 0.476 e. The van der Waals surface area contributed by atoms with Crippen LogP contribution in [-0.4, -0.2) is 6.85 Å². The zero-order valence-electron chi connectivity index (χ0n) is 8.18. The Morgan fingerprint density at radius 2 is 2.00 bits per heavy atom. The first-order valence-electron chi connectivity index (χ1n) is 5.01. The fourth-order valence-electron chi connectivity index (χ4n) is 1.82. The van der Waals surface area contributed by atoms with Crippen LogP contribution in [-0.2, 0) is 0 Å². The highest BCUT2D eigenvalue weighted by Crippen LogP contribution is 2.20. The van der Waals surface area contributed by atoms with Crippen LogP contribution in [0.2, 0.25) is 0 Å². The molecule has 1 N–H and O–H groups in total. The van der Waals surface area contributed by atoms with E-state index in [-0.39, 0.29) is 6.85 Å². The van der Waals surface area contributed by atoms with Gasteiger partial charge in [0.15, 0.2) is 0 Å². The van der Waals surface area contributed by atoms with Crippen molar-refractivity contribution in [1.29, 1.82) is 0 Å². The Kier molecular flexibility index (Phi) is 1.88. The smallest absolute Gasteiger partial charge is 0.355 e. The predicted octanol–water partition coefficient (Wildman–Crippen LogP) is 2.16. The van der Waals surface area contributed by atoms with Gasteiger partial charge < -0.3 is 9.64 Å². The number of fused-ring (bicyclic) bond motifs is 1. The van der Waals surface area contributed by atoms with Gasteiger partial charge >= 0.3 is 6.85 Å². The molecule has 0 bridgehead atoms. The SMILES string of the molecule is C1=Cc2ccccc2NB1c1ccco1. The minimum Gasteiger partial charge on any atom is -0.476 e. The summed E-state index contributed by atoms with van der Waals surface area (Å²) in [6, 6.07) is 12.1. The lowest BCUT2D eigenvalue weighted by Gasteiger charge is -2.17. The van der Waals surface area contributed by atoms with Gasteiger partial charge in [-0.2, -0.15) is 0 Å². The number of furan rings is 1. The van der Waals surface area contributed by atoms with E-state index in [1.165, 1.54) is 5.56 Å². The molecule has 0 fully saturated rings. The molecule has 3 rings (SSSR count). The van der Waals surface area contributed by atoms with Gasteiger partial charge in [0.2, 0.25) is 0 Å². The molecule has 72 valence electrons. The van der Waals surface area contributed by atoms with Gasteiger partial charge in [-0.05, 0) is 23.8 Å². The highest BCUT2D eigenvalue weighted by Gasteiger charge is 2.20. The van der Waals surface area contributed by atoms with Gasteiger partial charge in [0.05, 0.1) is 11.9 Å². The van der Waals surface area contributed by atoms with Crippen LogP contribution in [0, 0.1) is 0 Å². The topological polar surface area (TPSA) is 25.2 Å². The molecule has 0 atom stereocenters. The summed E-state index contributed by atoms with van der Waals surface area (Å²) in [5.41, 5.74) is 3.32. The summed E-state index contributed by atoms with van der Waals surface area (Å²) < 4.78 is 5.37. The number of para-hydroxylation sites is 1. The van der Waals surface area contributed by atoms with Crippen molar-refractivity contribution < 1.29 is 4.42 Å². The quantitative estimate of drug-likeness (QED) is 0.705. The molecule has 2 nitrogen and oxygen atoms in total. The molecule has 1 aromatic carbocycles. The molecule has 0 amide bonds. The van der Waals surface area contributed by atoms with E-state index in [0.717, 1.165) is 11.3 Å². The Labute approximate surface area is 88.7 Å². The zero-order chi connectivity index (χ0) is 10.1. The van der Waals surface area contributed by atoms with Crippen LogP contribution >= 0.6 is 0 Å². The van der Waals surface area contributed by atoms with Crippen molar-refractivity contribution in [3.63, 3.8) is 0 Å². The summed E-state index contributed by atoms with van der Waals surface area (Å²) in [6.45, 7) is 0.148. The molecule has 0 spiro atoms. The molecule has 1 aromatic heterocycles. The van der Waals surface area contributed by atoms with Crippen LogP contribution in [0.3, 0.4) is 0 Å². The molecule has 1 aliphatic heterocycles. The normalized spacial score (nSPS) is 13.5. The van der Waals surface area contributed by atoms with Crippen LogP contribution in [0.25, 0.3) is 6.08 Å². The molecule has 0 unspecified atom stereocenters. The first-order chi connectivity index (χ1) is 7.43. The number of hydrogen-bond donors (Lipinski definition) is 1. The lowest BCUT2D eigenvalue weighted by molar-refractivity contribution is 0.600. The minimum atomic E-state index is 0.148. The molecule has 3 heteroatoms. The Morgan fingerprint density at radius 3 is 2.87 bits per heavy atom. The van der Waals surface area contributed by atoms with Crippen LogP contribution < -0.4 is 10.9 Å². The Bertz CT molecular complexity index is 490. The number of hydrogen-bond acceptors (Lipinski definition) is 2. The fraction of sp³-hybridized carbons (Fsp3) is 0. The maximum atomic E-state index is 5.37. The molecule has 2 aromatic rings. The monoisotopic (exact) mass is 195 g/mol. The molecule has 0 saturated heterocycles. The van der Waals surface area contributed by atoms with Crippen molar-refractivity contribution in [2.24, 2.45) is 0 Å². The Morgan fingerprint density at radius 1 is 1.07 bits per heavy atom. The van der Waals surface area contributed by atoms with Crippen molar-refractivity contribution in [2.75, 3.05) is 5.23 Å². The predicted molar refractivity (Wildman–Crippen MR) is 63.2 cm³/mol. The molecule has 0 aliphatic carbocycles. The van der Waals surface area contributed by atoms with E-state index in [9.17, 15) is 0 Å². The maximum Gasteiger partial charge on any atom is 0.355 e. The summed E-state index contributed by atoms with van der Waals surface area (Å²) in [6.07, 6.45) is 3.82. The summed E-state index contributed by atoms with van der Waals surface area (Å²) in [7, 11) is 0. The molecule has 2 heterocycles. The summed E-state index contributed by atoms with van der Waals surface area (Å²) in [5, 5.41) is 3.42. The van der Waals surface area contributed by atoms with E-state index in [0.29, 0.717) is 0 Å². The van der Waals surface area contributed by atoms with Crippen LogP contribution in [0.5, 0.6) is 0 Å². The first kappa shape index (κ1) is 8.42. The van der Waals surface area contributed by atoms with Gasteiger partial charge in [0.25, 0.3) is 0 Å². The third-order valence-corrected chi connectivity index (χ3v) is 2.59. The third kappa shape index (κ3) is 1.46. The van der Waals surface area contributed by atoms with E-state index >= 15 is 0 Å². The van der Waals surface area contributed by atoms with Gasteiger partial charge in [-0.3, -0.25) is 0 Å². The van der Waals surface area contributed by atoms with E-state index in [2.05, 4.69) is 29.4 Å². The minimum absolute atomic E-state index is 0.148. The first-order valence-corrected chi connectivity index (χ1v) is 5.01. The van der Waals surface area contributed by atoms with Crippen molar-refractivity contribution in [1.82, 2.24) is 0 Å². The average Bonchev–Trinajstić information content (AvgIpc) is 2.82. The van der Waals surface area contributed by atoms with Gasteiger partial charge in [-0.1, -0.05) is 30.3 Å². The second-order valence-corrected chi connectivity index (χ2v) is 3.58. The Balaban J connectivity index is 1.96. The second-order valence-electron chi connectivity index (χ2n) is 3.58. The number of nitrogens with one attached hydrogen (secondary N) is 1. The molecule has 0 radical (unpaired) electrons. The molecule has 0 saturated carbocycles. The number of anilines is 1. The van der Waals surface area contributed by atoms with Gasteiger partial charge in [-0.15, -0.1) is 0 Å². The highest BCUT2D eigenvalue weighted by molar-refractivity contribution is 6.80. The zero-order valence-corrected chi connectivity index (χ0v) is 8.18. The molecule has 15 heavy (non-hydrogen) atoms. The van der Waals surface area contributed by atoms with Gasteiger partial charge in [-0.25, -0.2) is 0 Å². The second kappa shape index (κ2) is 3.35. The van der Waals surface area contributed by atoms with Crippen molar-refractivity contribution >= 4 is 24.3 Å². The van der Waals surface area contributed by atoms with Crippen LogP contribution in [0.4, 0.5) is 5.69 Å². The van der Waals surface area contributed by atoms with E-state index in [4.69, 9.17) is 4.42 Å². The van der Waals surface area contributed by atoms with E-state index in [1.807, 2.05) is 24.3 Å². The van der Waals surface area contributed by atoms with Crippen LogP contribution in [0.1, 0.15) is 5.56 Å². The summed E-state index contributed by atoms with van der Waals surface area (Å²) in [4.78, 5) is 0. The summed E-state index contributed by atoms with van der Waals surface area (Å²) >= 11 is 0. The van der Waals surface area contributed by atoms with Gasteiger partial charge in [0, 0.05) is 5.69 Å². The molecule has 1 aliphatic rings. The molecular weight excluding hydrogens is 185 g/mol. The lowest BCUT2D eigenvalue weighted by Crippen LogP contribution is -2.37. The van der Waals surface area contributed by atoms with Gasteiger partial charge in [0.1, 0.15) is 0 Å². The lowest BCUT2D eigenvalue weighted by atomic mass is 9.58. The van der Waals surface area contributed by atoms with Crippen molar-refractivity contribution in [3.8, 4) is 0 Å². The number of benzene rings is 1. The van der Waals surface area contributed by atoms with Crippen molar-refractivity contribution in [2.45, 2.75) is 0 Å². The third-order valence-electron chi connectivity index (χ3n) is 2.59. The summed E-state index contributed by atoms with van der Waals surface area (Å²) in [5.74, 6) is 2.11. The highest BCUT2D eigenvalue weighted by atomic mass is 16.3. The van der Waals surface area contributed by atoms with E-state index in [1.54, 1.807) is 6.26 Å². The molecular formula is C12H10BNO.